The van der Waals surface area contributed by atoms with Gasteiger partial charge in [-0.05, 0) is 24.8 Å². The van der Waals surface area contributed by atoms with Gasteiger partial charge in [-0.25, -0.2) is 0 Å². The molecule has 0 fully saturated rings. The predicted octanol–water partition coefficient (Wildman–Crippen LogP) is 1.56. The Morgan fingerprint density at radius 3 is 2.80 bits per heavy atom. The summed E-state index contributed by atoms with van der Waals surface area (Å²) >= 11 is 0. The molecule has 0 spiro atoms. The highest BCUT2D eigenvalue weighted by Gasteiger charge is 2.30. The summed E-state index contributed by atoms with van der Waals surface area (Å²) in [6, 6.07) is 0. The van der Waals surface area contributed by atoms with Crippen molar-refractivity contribution in [3.05, 3.63) is 11.6 Å². The zero-order valence-corrected chi connectivity index (χ0v) is 9.69. The second-order valence-corrected chi connectivity index (χ2v) is 4.35. The first kappa shape index (κ1) is 12.4. The molecular formula is C12H20O3. The van der Waals surface area contributed by atoms with Gasteiger partial charge in [0, 0.05) is 18.6 Å². The van der Waals surface area contributed by atoms with Gasteiger partial charge in [-0.2, -0.15) is 0 Å². The van der Waals surface area contributed by atoms with Crippen LogP contribution in [0.5, 0.6) is 0 Å². The molecule has 0 unspecified atom stereocenters. The van der Waals surface area contributed by atoms with Gasteiger partial charge >= 0.3 is 0 Å². The van der Waals surface area contributed by atoms with Gasteiger partial charge in [0.1, 0.15) is 0 Å². The van der Waals surface area contributed by atoms with Crippen LogP contribution in [0.1, 0.15) is 27.2 Å². The van der Waals surface area contributed by atoms with Gasteiger partial charge in [0.2, 0.25) is 0 Å². The lowest BCUT2D eigenvalue weighted by Gasteiger charge is -2.28. The average Bonchev–Trinajstić information content (AvgIpc) is 2.18. The van der Waals surface area contributed by atoms with E-state index >= 15 is 0 Å². The van der Waals surface area contributed by atoms with Crippen molar-refractivity contribution in [1.82, 2.24) is 0 Å². The third-order valence-corrected chi connectivity index (χ3v) is 2.91. The maximum atomic E-state index is 11.7. The Morgan fingerprint density at radius 1 is 1.60 bits per heavy atom. The van der Waals surface area contributed by atoms with Crippen molar-refractivity contribution in [2.24, 2.45) is 11.8 Å². The molecule has 0 aliphatic heterocycles. The minimum Gasteiger partial charge on any atom is -0.389 e. The molecular weight excluding hydrogens is 192 g/mol. The highest BCUT2D eigenvalue weighted by atomic mass is 16.5. The van der Waals surface area contributed by atoms with Gasteiger partial charge in [0.15, 0.2) is 5.78 Å². The normalized spacial score (nSPS) is 27.0. The SMILES string of the molecule is CCOCC1=C[C@@H](O)[C@@H](C(C)C)CC1=O. The minimum absolute atomic E-state index is 0.0582. The van der Waals surface area contributed by atoms with E-state index in [1.165, 1.54) is 0 Å². The number of aliphatic hydroxyl groups is 1. The molecule has 0 aromatic carbocycles. The number of rotatable bonds is 4. The largest absolute Gasteiger partial charge is 0.389 e. The zero-order valence-electron chi connectivity index (χ0n) is 9.69. The predicted molar refractivity (Wildman–Crippen MR) is 58.5 cm³/mol. The van der Waals surface area contributed by atoms with E-state index in [0.717, 1.165) is 0 Å². The first-order valence-corrected chi connectivity index (χ1v) is 5.56. The van der Waals surface area contributed by atoms with Crippen molar-refractivity contribution in [2.75, 3.05) is 13.2 Å². The molecule has 0 aromatic heterocycles. The molecule has 3 heteroatoms. The zero-order chi connectivity index (χ0) is 11.4. The summed E-state index contributed by atoms with van der Waals surface area (Å²) in [5.41, 5.74) is 0.626. The van der Waals surface area contributed by atoms with Crippen LogP contribution in [-0.4, -0.2) is 30.2 Å². The number of ketones is 1. The van der Waals surface area contributed by atoms with Crippen LogP contribution in [0.15, 0.2) is 11.6 Å². The van der Waals surface area contributed by atoms with E-state index in [0.29, 0.717) is 31.1 Å². The van der Waals surface area contributed by atoms with Crippen LogP contribution in [0.25, 0.3) is 0 Å². The smallest absolute Gasteiger partial charge is 0.161 e. The first-order valence-electron chi connectivity index (χ1n) is 5.56. The van der Waals surface area contributed by atoms with E-state index in [4.69, 9.17) is 4.74 Å². The topological polar surface area (TPSA) is 46.5 Å². The summed E-state index contributed by atoms with van der Waals surface area (Å²) in [5.74, 6) is 0.504. The molecule has 0 radical (unpaired) electrons. The van der Waals surface area contributed by atoms with E-state index in [1.54, 1.807) is 6.08 Å². The fourth-order valence-corrected chi connectivity index (χ4v) is 1.86. The van der Waals surface area contributed by atoms with Crippen molar-refractivity contribution in [3.63, 3.8) is 0 Å². The highest BCUT2D eigenvalue weighted by molar-refractivity contribution is 5.96. The standard InChI is InChI=1S/C12H20O3/c1-4-15-7-9-5-12(14)10(8(2)3)6-11(9)13/h5,8,10,12,14H,4,6-7H2,1-3H3/t10-,12-/m1/s1. The van der Waals surface area contributed by atoms with E-state index < -0.39 is 6.10 Å². The molecule has 15 heavy (non-hydrogen) atoms. The van der Waals surface area contributed by atoms with Crippen molar-refractivity contribution in [3.8, 4) is 0 Å². The number of hydrogen-bond acceptors (Lipinski definition) is 3. The minimum atomic E-state index is -0.502. The lowest BCUT2D eigenvalue weighted by atomic mass is 9.80. The number of carbonyl (C=O) groups excluding carboxylic acids is 1. The molecule has 0 saturated heterocycles. The van der Waals surface area contributed by atoms with Crippen LogP contribution >= 0.6 is 0 Å². The summed E-state index contributed by atoms with van der Waals surface area (Å²) in [6.45, 7) is 6.87. The second-order valence-electron chi connectivity index (χ2n) is 4.35. The number of aliphatic hydroxyl groups excluding tert-OH is 1. The lowest BCUT2D eigenvalue weighted by Crippen LogP contribution is -2.32. The van der Waals surface area contributed by atoms with Gasteiger partial charge in [-0.1, -0.05) is 13.8 Å². The Bertz CT molecular complexity index is 256. The third-order valence-electron chi connectivity index (χ3n) is 2.91. The van der Waals surface area contributed by atoms with Crippen LogP contribution in [-0.2, 0) is 9.53 Å². The van der Waals surface area contributed by atoms with Crippen molar-refractivity contribution in [2.45, 2.75) is 33.3 Å². The molecule has 3 nitrogen and oxygen atoms in total. The summed E-state index contributed by atoms with van der Waals surface area (Å²) in [5, 5.41) is 9.84. The first-order chi connectivity index (χ1) is 7.06. The van der Waals surface area contributed by atoms with E-state index in [2.05, 4.69) is 0 Å². The van der Waals surface area contributed by atoms with Gasteiger partial charge in [-0.15, -0.1) is 0 Å². The summed E-state index contributed by atoms with van der Waals surface area (Å²) in [6.07, 6.45) is 1.60. The van der Waals surface area contributed by atoms with Crippen molar-refractivity contribution < 1.29 is 14.6 Å². The van der Waals surface area contributed by atoms with Gasteiger partial charge in [0.25, 0.3) is 0 Å². The average molecular weight is 212 g/mol. The monoisotopic (exact) mass is 212 g/mol. The van der Waals surface area contributed by atoms with Crippen molar-refractivity contribution in [1.29, 1.82) is 0 Å². The maximum Gasteiger partial charge on any atom is 0.161 e. The summed E-state index contributed by atoms with van der Waals surface area (Å²) < 4.78 is 5.19. The van der Waals surface area contributed by atoms with Crippen LogP contribution in [0.2, 0.25) is 0 Å². The molecule has 1 aliphatic rings. The fraction of sp³-hybridized carbons (Fsp3) is 0.750. The van der Waals surface area contributed by atoms with E-state index in [-0.39, 0.29) is 11.7 Å². The number of hydrogen-bond donors (Lipinski definition) is 1. The Balaban J connectivity index is 2.68. The quantitative estimate of drug-likeness (QED) is 0.769. The summed E-state index contributed by atoms with van der Waals surface area (Å²) in [4.78, 5) is 11.7. The Kier molecular flexibility index (Phi) is 4.48. The molecule has 0 bridgehead atoms. The Morgan fingerprint density at radius 2 is 2.27 bits per heavy atom. The van der Waals surface area contributed by atoms with Crippen LogP contribution in [0.3, 0.4) is 0 Å². The van der Waals surface area contributed by atoms with Crippen LogP contribution < -0.4 is 0 Å². The number of ether oxygens (including phenoxy) is 1. The third kappa shape index (κ3) is 3.14. The van der Waals surface area contributed by atoms with Crippen LogP contribution in [0.4, 0.5) is 0 Å². The molecule has 1 rings (SSSR count). The fourth-order valence-electron chi connectivity index (χ4n) is 1.86. The van der Waals surface area contributed by atoms with Crippen molar-refractivity contribution >= 4 is 5.78 Å². The van der Waals surface area contributed by atoms with E-state index in [9.17, 15) is 9.90 Å². The highest BCUT2D eigenvalue weighted by Crippen LogP contribution is 2.27. The van der Waals surface area contributed by atoms with Gasteiger partial charge in [-0.3, -0.25) is 4.79 Å². The number of carbonyl (C=O) groups is 1. The lowest BCUT2D eigenvalue weighted by molar-refractivity contribution is -0.119. The maximum absolute atomic E-state index is 11.7. The molecule has 2 atom stereocenters. The van der Waals surface area contributed by atoms with Gasteiger partial charge in [0.05, 0.1) is 12.7 Å². The Labute approximate surface area is 91.1 Å². The van der Waals surface area contributed by atoms with E-state index in [1.807, 2.05) is 20.8 Å². The molecule has 1 N–H and O–H groups in total. The van der Waals surface area contributed by atoms with Gasteiger partial charge < -0.3 is 9.84 Å². The number of Topliss-reactive ketones (excluding diaryl/α,β-unsaturated/α-hetero) is 1. The molecule has 1 aliphatic carbocycles. The molecule has 0 amide bonds. The Hall–Kier alpha value is -0.670. The second kappa shape index (κ2) is 5.42. The van der Waals surface area contributed by atoms with Crippen LogP contribution in [0, 0.1) is 11.8 Å². The molecule has 86 valence electrons. The molecule has 0 heterocycles. The molecule has 0 aromatic rings. The molecule has 0 saturated carbocycles. The summed E-state index contributed by atoms with van der Waals surface area (Å²) in [7, 11) is 0.